The zero-order valence-corrected chi connectivity index (χ0v) is 18.7. The summed E-state index contributed by atoms with van der Waals surface area (Å²) in [5.74, 6) is -0.880. The Bertz CT molecular complexity index is 779. The second kappa shape index (κ2) is 13.3. The third-order valence-electron chi connectivity index (χ3n) is 5.68. The van der Waals surface area contributed by atoms with Crippen LogP contribution in [0.2, 0.25) is 0 Å². The molecule has 9 heteroatoms. The highest BCUT2D eigenvalue weighted by atomic mass is 16.2. The zero-order valence-electron chi connectivity index (χ0n) is 18.7. The summed E-state index contributed by atoms with van der Waals surface area (Å²) in [6.45, 7) is 1.54. The third-order valence-corrected chi connectivity index (χ3v) is 5.68. The number of carbonyl (C=O) groups is 3. The molecule has 0 bridgehead atoms. The molecule has 1 fully saturated rings. The smallest absolute Gasteiger partial charge is 0.226 e. The van der Waals surface area contributed by atoms with E-state index in [1.807, 2.05) is 23.1 Å². The molecule has 2 atom stereocenters. The number of amides is 3. The maximum atomic E-state index is 12.8. The van der Waals surface area contributed by atoms with Gasteiger partial charge >= 0.3 is 0 Å². The van der Waals surface area contributed by atoms with Crippen LogP contribution in [-0.4, -0.2) is 54.3 Å². The monoisotopic (exact) mass is 444 g/mol. The summed E-state index contributed by atoms with van der Waals surface area (Å²) >= 11 is 0. The Hall–Kier alpha value is -3.10. The number of hydrogen-bond acceptors (Lipinski definition) is 4. The van der Waals surface area contributed by atoms with Gasteiger partial charge in [-0.3, -0.25) is 19.4 Å². The SMILES string of the molecule is NC(=O)C[C@@H]1C[C@@H](CNC(=O)CCCCCN=C(N)N)N(CCCc2ccccc2)C1=O. The van der Waals surface area contributed by atoms with Crippen molar-refractivity contribution in [3.8, 4) is 0 Å². The molecule has 0 unspecified atom stereocenters. The van der Waals surface area contributed by atoms with E-state index in [1.165, 1.54) is 5.56 Å². The predicted octanol–water partition coefficient (Wildman–Crippen LogP) is 0.662. The largest absolute Gasteiger partial charge is 0.370 e. The van der Waals surface area contributed by atoms with E-state index in [0.717, 1.165) is 32.1 Å². The van der Waals surface area contributed by atoms with E-state index in [2.05, 4.69) is 22.4 Å². The highest BCUT2D eigenvalue weighted by Crippen LogP contribution is 2.27. The first-order valence-electron chi connectivity index (χ1n) is 11.3. The van der Waals surface area contributed by atoms with Crippen molar-refractivity contribution in [2.24, 2.45) is 28.1 Å². The van der Waals surface area contributed by atoms with Crippen molar-refractivity contribution in [3.63, 3.8) is 0 Å². The molecule has 1 heterocycles. The quantitative estimate of drug-likeness (QED) is 0.188. The molecule has 0 saturated carbocycles. The average Bonchev–Trinajstić information content (AvgIpc) is 3.04. The lowest BCUT2D eigenvalue weighted by molar-refractivity contribution is -0.134. The normalized spacial score (nSPS) is 17.9. The molecule has 1 aliphatic heterocycles. The van der Waals surface area contributed by atoms with Crippen molar-refractivity contribution in [1.82, 2.24) is 10.2 Å². The van der Waals surface area contributed by atoms with E-state index >= 15 is 0 Å². The Balaban J connectivity index is 1.79. The van der Waals surface area contributed by atoms with Gasteiger partial charge in [0.25, 0.3) is 0 Å². The van der Waals surface area contributed by atoms with Crippen LogP contribution in [0.15, 0.2) is 35.3 Å². The summed E-state index contributed by atoms with van der Waals surface area (Å²) in [5, 5.41) is 2.95. The first-order chi connectivity index (χ1) is 15.4. The summed E-state index contributed by atoms with van der Waals surface area (Å²) in [5.41, 5.74) is 17.1. The number of nitrogens with zero attached hydrogens (tertiary/aromatic N) is 2. The van der Waals surface area contributed by atoms with E-state index in [0.29, 0.717) is 32.5 Å². The molecular formula is C23H36N6O3. The summed E-state index contributed by atoms with van der Waals surface area (Å²) < 4.78 is 0. The van der Waals surface area contributed by atoms with Gasteiger partial charge in [0.2, 0.25) is 17.7 Å². The molecule has 1 aromatic rings. The van der Waals surface area contributed by atoms with Crippen molar-refractivity contribution in [2.75, 3.05) is 19.6 Å². The highest BCUT2D eigenvalue weighted by Gasteiger charge is 2.39. The number of benzene rings is 1. The zero-order chi connectivity index (χ0) is 23.3. The number of aryl methyl sites for hydroxylation is 1. The number of unbranched alkanes of at least 4 members (excludes halogenated alkanes) is 2. The summed E-state index contributed by atoms with van der Waals surface area (Å²) in [7, 11) is 0. The van der Waals surface area contributed by atoms with Crippen LogP contribution in [0.4, 0.5) is 0 Å². The van der Waals surface area contributed by atoms with E-state index < -0.39 is 11.8 Å². The van der Waals surface area contributed by atoms with Crippen LogP contribution in [0.25, 0.3) is 0 Å². The number of aliphatic imine (C=N–C) groups is 1. The molecule has 3 amide bonds. The van der Waals surface area contributed by atoms with E-state index in [4.69, 9.17) is 17.2 Å². The summed E-state index contributed by atoms with van der Waals surface area (Å²) in [6, 6.07) is 9.99. The van der Waals surface area contributed by atoms with Gasteiger partial charge in [0.1, 0.15) is 0 Å². The number of primary amides is 1. The molecule has 32 heavy (non-hydrogen) atoms. The Morgan fingerprint density at radius 2 is 1.81 bits per heavy atom. The first kappa shape index (κ1) is 25.2. The molecular weight excluding hydrogens is 408 g/mol. The number of nitrogens with two attached hydrogens (primary N) is 3. The van der Waals surface area contributed by atoms with Gasteiger partial charge in [0.05, 0.1) is 0 Å². The molecule has 2 rings (SSSR count). The van der Waals surface area contributed by atoms with E-state index in [-0.39, 0.29) is 30.2 Å². The average molecular weight is 445 g/mol. The fourth-order valence-corrected chi connectivity index (χ4v) is 4.07. The van der Waals surface area contributed by atoms with E-state index in [1.54, 1.807) is 0 Å². The van der Waals surface area contributed by atoms with Gasteiger partial charge in [-0.15, -0.1) is 0 Å². The Morgan fingerprint density at radius 1 is 1.06 bits per heavy atom. The van der Waals surface area contributed by atoms with Crippen molar-refractivity contribution < 1.29 is 14.4 Å². The van der Waals surface area contributed by atoms with Crippen molar-refractivity contribution in [3.05, 3.63) is 35.9 Å². The topological polar surface area (TPSA) is 157 Å². The third kappa shape index (κ3) is 8.95. The van der Waals surface area contributed by atoms with Crippen LogP contribution < -0.4 is 22.5 Å². The second-order valence-electron chi connectivity index (χ2n) is 8.30. The van der Waals surface area contributed by atoms with Gasteiger partial charge in [-0.1, -0.05) is 36.8 Å². The van der Waals surface area contributed by atoms with Gasteiger partial charge in [0, 0.05) is 44.4 Å². The summed E-state index contributed by atoms with van der Waals surface area (Å²) in [4.78, 5) is 42.2. The van der Waals surface area contributed by atoms with Crippen molar-refractivity contribution in [2.45, 2.75) is 57.4 Å². The number of guanidine groups is 1. The summed E-state index contributed by atoms with van der Waals surface area (Å²) in [6.07, 6.45) is 5.12. The van der Waals surface area contributed by atoms with Gasteiger partial charge in [-0.25, -0.2) is 0 Å². The minimum absolute atomic E-state index is 0.0399. The minimum Gasteiger partial charge on any atom is -0.370 e. The highest BCUT2D eigenvalue weighted by molar-refractivity contribution is 5.87. The van der Waals surface area contributed by atoms with Crippen LogP contribution in [0, 0.1) is 5.92 Å². The fourth-order valence-electron chi connectivity index (χ4n) is 4.07. The first-order valence-corrected chi connectivity index (χ1v) is 11.3. The second-order valence-corrected chi connectivity index (χ2v) is 8.30. The fraction of sp³-hybridized carbons (Fsp3) is 0.565. The molecule has 0 aliphatic carbocycles. The molecule has 1 aliphatic rings. The predicted molar refractivity (Wildman–Crippen MR) is 124 cm³/mol. The lowest BCUT2D eigenvalue weighted by atomic mass is 10.0. The number of nitrogens with one attached hydrogen (secondary N) is 1. The molecule has 0 spiro atoms. The maximum Gasteiger partial charge on any atom is 0.226 e. The lowest BCUT2D eigenvalue weighted by Gasteiger charge is -2.25. The standard InChI is InChI=1S/C23H36N6O3/c24-20(30)15-18-14-19(16-28-21(31)11-5-2-6-12-27-23(25)26)29(22(18)32)13-7-10-17-8-3-1-4-9-17/h1,3-4,8-9,18-19H,2,5-7,10-16H2,(H2,24,30)(H,28,31)(H4,25,26,27)/t18-,19-/m0/s1. The maximum absolute atomic E-state index is 12.8. The molecule has 176 valence electrons. The van der Waals surface area contributed by atoms with Crippen LogP contribution in [0.3, 0.4) is 0 Å². The molecule has 0 aromatic heterocycles. The van der Waals surface area contributed by atoms with Crippen molar-refractivity contribution >= 4 is 23.7 Å². The van der Waals surface area contributed by atoms with Gasteiger partial charge in [0.15, 0.2) is 5.96 Å². The molecule has 1 saturated heterocycles. The Morgan fingerprint density at radius 3 is 2.50 bits per heavy atom. The number of hydrogen-bond donors (Lipinski definition) is 4. The van der Waals surface area contributed by atoms with E-state index in [9.17, 15) is 14.4 Å². The molecule has 9 nitrogen and oxygen atoms in total. The molecule has 7 N–H and O–H groups in total. The van der Waals surface area contributed by atoms with Gasteiger partial charge in [-0.2, -0.15) is 0 Å². The van der Waals surface area contributed by atoms with Crippen LogP contribution >= 0.6 is 0 Å². The number of likely N-dealkylation sites (tertiary alicyclic amines) is 1. The number of rotatable bonds is 14. The lowest BCUT2D eigenvalue weighted by Crippen LogP contribution is -2.42. The van der Waals surface area contributed by atoms with Crippen LogP contribution in [-0.2, 0) is 20.8 Å². The minimum atomic E-state index is -0.474. The van der Waals surface area contributed by atoms with Crippen molar-refractivity contribution in [1.29, 1.82) is 0 Å². The molecule has 1 aromatic carbocycles. The van der Waals surface area contributed by atoms with Gasteiger partial charge in [-0.05, 0) is 37.7 Å². The molecule has 0 radical (unpaired) electrons. The number of carbonyl (C=O) groups excluding carboxylic acids is 3. The Kier molecular flexibility index (Phi) is 10.5. The van der Waals surface area contributed by atoms with Gasteiger partial charge < -0.3 is 27.4 Å². The Labute approximate surface area is 189 Å². The van der Waals surface area contributed by atoms with Crippen LogP contribution in [0.5, 0.6) is 0 Å². The van der Waals surface area contributed by atoms with Crippen LogP contribution in [0.1, 0.15) is 50.5 Å².